The Kier molecular flexibility index (Phi) is 4.52. The SMILES string of the molecule is C[Te+](Cc1ccc(Br)cc1)C[C@]12CC[C@H](C[C@H]1O)C2(C)C. The molecule has 3 rings (SSSR count). The summed E-state index contributed by atoms with van der Waals surface area (Å²) in [6, 6.07) is 8.82. The molecule has 3 heteroatoms. The summed E-state index contributed by atoms with van der Waals surface area (Å²) in [6.45, 7) is 4.85. The fourth-order valence-corrected chi connectivity index (χ4v) is 12.0. The molecule has 2 aliphatic carbocycles. The maximum atomic E-state index is 10.7. The average Bonchev–Trinajstić information content (AvgIpc) is 2.75. The Morgan fingerprint density at radius 3 is 2.48 bits per heavy atom. The molecule has 2 aliphatic rings. The Morgan fingerprint density at radius 1 is 1.29 bits per heavy atom. The molecule has 1 aromatic carbocycles. The molecule has 0 saturated heterocycles. The zero-order chi connectivity index (χ0) is 15.3. The van der Waals surface area contributed by atoms with Crippen LogP contribution in [0.25, 0.3) is 0 Å². The van der Waals surface area contributed by atoms with Gasteiger partial charge in [-0.05, 0) is 0 Å². The van der Waals surface area contributed by atoms with Crippen LogP contribution in [0, 0.1) is 16.7 Å². The van der Waals surface area contributed by atoms with Crippen LogP contribution < -0.4 is 0 Å². The molecule has 3 atom stereocenters. The summed E-state index contributed by atoms with van der Waals surface area (Å²) in [5.41, 5.74) is 2.06. The molecule has 0 amide bonds. The number of benzene rings is 1. The van der Waals surface area contributed by atoms with E-state index < -0.39 is 19.6 Å². The van der Waals surface area contributed by atoms with Crippen LogP contribution >= 0.6 is 15.9 Å². The van der Waals surface area contributed by atoms with Gasteiger partial charge in [0, 0.05) is 0 Å². The van der Waals surface area contributed by atoms with E-state index in [2.05, 4.69) is 59.0 Å². The fraction of sp³-hybridized carbons (Fsp3) is 0.667. The van der Waals surface area contributed by atoms with Crippen molar-refractivity contribution in [1.82, 2.24) is 0 Å². The van der Waals surface area contributed by atoms with Crippen LogP contribution in [-0.2, 0) is 4.47 Å². The molecule has 116 valence electrons. The van der Waals surface area contributed by atoms with Crippen molar-refractivity contribution in [3.05, 3.63) is 34.3 Å². The third-order valence-corrected chi connectivity index (χ3v) is 12.0. The topological polar surface area (TPSA) is 20.2 Å². The maximum absolute atomic E-state index is 10.7. The molecule has 0 aliphatic heterocycles. The van der Waals surface area contributed by atoms with E-state index in [1.165, 1.54) is 27.3 Å². The third-order valence-electron chi connectivity index (χ3n) is 6.22. The second kappa shape index (κ2) is 5.82. The molecule has 21 heavy (non-hydrogen) atoms. The van der Waals surface area contributed by atoms with E-state index in [1.54, 1.807) is 0 Å². The molecule has 2 fully saturated rings. The van der Waals surface area contributed by atoms with Crippen molar-refractivity contribution in [1.29, 1.82) is 0 Å². The molecule has 0 spiro atoms. The molecule has 1 aromatic rings. The van der Waals surface area contributed by atoms with E-state index in [0.29, 0.717) is 5.41 Å². The second-order valence-electron chi connectivity index (χ2n) is 7.56. The minimum atomic E-state index is -1.18. The van der Waals surface area contributed by atoms with E-state index in [9.17, 15) is 5.11 Å². The summed E-state index contributed by atoms with van der Waals surface area (Å²) in [5.74, 6) is 0.756. The fourth-order valence-electron chi connectivity index (χ4n) is 4.74. The molecule has 0 unspecified atom stereocenters. The van der Waals surface area contributed by atoms with Gasteiger partial charge in [0.05, 0.1) is 0 Å². The standard InChI is InChI=1S/C18H26BrOTe/c1-17(2)14-8-9-18(17,16(20)10-14)12-21(3)11-13-4-6-15(19)7-5-13/h4-7,14,16,20H,8-12H2,1-3H3/q+1/t14-,16-,18-/m1/s1. The monoisotopic (exact) mass is 467 g/mol. The predicted octanol–water partition coefficient (Wildman–Crippen LogP) is 4.84. The second-order valence-corrected chi connectivity index (χ2v) is 14.6. The van der Waals surface area contributed by atoms with Crippen molar-refractivity contribution >= 4 is 35.5 Å². The van der Waals surface area contributed by atoms with Crippen molar-refractivity contribution in [2.24, 2.45) is 16.7 Å². The zero-order valence-electron chi connectivity index (χ0n) is 13.2. The Balaban J connectivity index is 1.72. The Labute approximate surface area is 144 Å². The predicted molar refractivity (Wildman–Crippen MR) is 93.8 cm³/mol. The molecular formula is C18H26BrOTe+. The van der Waals surface area contributed by atoms with Gasteiger partial charge in [-0.2, -0.15) is 0 Å². The van der Waals surface area contributed by atoms with E-state index in [1.807, 2.05) is 0 Å². The van der Waals surface area contributed by atoms with Crippen molar-refractivity contribution in [2.45, 2.75) is 53.1 Å². The number of aliphatic hydroxyl groups excluding tert-OH is 1. The van der Waals surface area contributed by atoms with Gasteiger partial charge in [-0.3, -0.25) is 0 Å². The zero-order valence-corrected chi connectivity index (χ0v) is 17.1. The first kappa shape index (κ1) is 16.3. The number of aliphatic hydroxyl groups is 1. The van der Waals surface area contributed by atoms with Crippen LogP contribution in [0.4, 0.5) is 0 Å². The molecule has 0 heterocycles. The number of hydrogen-bond donors (Lipinski definition) is 1. The van der Waals surface area contributed by atoms with Gasteiger partial charge in [-0.15, -0.1) is 0 Å². The van der Waals surface area contributed by atoms with Gasteiger partial charge in [0.2, 0.25) is 0 Å². The summed E-state index contributed by atoms with van der Waals surface area (Å²) in [7, 11) is 0. The molecule has 0 radical (unpaired) electrons. The van der Waals surface area contributed by atoms with Gasteiger partial charge in [-0.1, -0.05) is 0 Å². The van der Waals surface area contributed by atoms with Crippen LogP contribution in [0.1, 0.15) is 38.7 Å². The molecule has 0 aromatic heterocycles. The third kappa shape index (κ3) is 2.73. The van der Waals surface area contributed by atoms with Gasteiger partial charge in [-0.25, -0.2) is 0 Å². The van der Waals surface area contributed by atoms with Crippen molar-refractivity contribution < 1.29 is 5.11 Å². The molecule has 1 N–H and O–H groups in total. The molecular weight excluding hydrogens is 440 g/mol. The van der Waals surface area contributed by atoms with Crippen LogP contribution in [0.15, 0.2) is 28.7 Å². The van der Waals surface area contributed by atoms with Crippen LogP contribution in [0.2, 0.25) is 9.44 Å². The van der Waals surface area contributed by atoms with Crippen molar-refractivity contribution in [3.63, 3.8) is 0 Å². The Hall–Kier alpha value is 0.450. The van der Waals surface area contributed by atoms with Crippen molar-refractivity contribution in [2.75, 3.05) is 0 Å². The molecule has 2 saturated carbocycles. The van der Waals surface area contributed by atoms with Gasteiger partial charge < -0.3 is 0 Å². The van der Waals surface area contributed by atoms with Crippen LogP contribution in [0.5, 0.6) is 0 Å². The molecule has 2 bridgehead atoms. The van der Waals surface area contributed by atoms with E-state index in [0.717, 1.165) is 16.8 Å². The quantitative estimate of drug-likeness (QED) is 0.631. The number of hydrogen-bond acceptors (Lipinski definition) is 1. The summed E-state index contributed by atoms with van der Waals surface area (Å²) in [5, 5.41) is 10.7. The van der Waals surface area contributed by atoms with Gasteiger partial charge in [0.15, 0.2) is 0 Å². The summed E-state index contributed by atoms with van der Waals surface area (Å²) < 4.78 is 3.78. The first-order chi connectivity index (χ1) is 9.85. The summed E-state index contributed by atoms with van der Waals surface area (Å²) in [6.07, 6.45) is 3.61. The van der Waals surface area contributed by atoms with Crippen LogP contribution in [0.3, 0.4) is 0 Å². The van der Waals surface area contributed by atoms with E-state index in [4.69, 9.17) is 0 Å². The van der Waals surface area contributed by atoms with Gasteiger partial charge in [0.25, 0.3) is 0 Å². The van der Waals surface area contributed by atoms with Crippen molar-refractivity contribution in [3.8, 4) is 0 Å². The summed E-state index contributed by atoms with van der Waals surface area (Å²) in [4.78, 5) is 2.52. The number of halogens is 1. The first-order valence-electron chi connectivity index (χ1n) is 7.87. The molecule has 1 nitrogen and oxygen atoms in total. The number of rotatable bonds is 4. The van der Waals surface area contributed by atoms with Gasteiger partial charge >= 0.3 is 145 Å². The average molecular weight is 466 g/mol. The Morgan fingerprint density at radius 2 is 1.95 bits per heavy atom. The van der Waals surface area contributed by atoms with E-state index >= 15 is 0 Å². The number of fused-ring (bicyclic) bond motifs is 2. The normalized spacial score (nSPS) is 33.8. The first-order valence-corrected chi connectivity index (χ1v) is 14.3. The van der Waals surface area contributed by atoms with Crippen LogP contribution in [-0.4, -0.2) is 30.8 Å². The Bertz CT molecular complexity index is 512. The van der Waals surface area contributed by atoms with Gasteiger partial charge in [0.1, 0.15) is 0 Å². The van der Waals surface area contributed by atoms with E-state index in [-0.39, 0.29) is 11.5 Å². The summed E-state index contributed by atoms with van der Waals surface area (Å²) >= 11 is 2.33. The minimum absolute atomic E-state index is 0.0421.